The minimum Gasteiger partial charge on any atom is -0.339 e. The molecule has 126 valence electrons. The van der Waals surface area contributed by atoms with Gasteiger partial charge in [-0.25, -0.2) is 8.78 Å². The Balaban J connectivity index is 1.74. The van der Waals surface area contributed by atoms with Crippen LogP contribution in [-0.2, 0) is 0 Å². The lowest BCUT2D eigenvalue weighted by atomic mass is 10.1. The van der Waals surface area contributed by atoms with Crippen LogP contribution in [0.15, 0.2) is 48.7 Å². The second kappa shape index (κ2) is 7.00. The maximum atomic E-state index is 13.2. The first-order valence-corrected chi connectivity index (χ1v) is 7.31. The van der Waals surface area contributed by atoms with E-state index in [0.717, 1.165) is 12.1 Å². The van der Waals surface area contributed by atoms with E-state index in [2.05, 4.69) is 25.8 Å². The molecule has 0 amide bonds. The van der Waals surface area contributed by atoms with Gasteiger partial charge in [-0.05, 0) is 43.3 Å². The van der Waals surface area contributed by atoms with Gasteiger partial charge in [-0.3, -0.25) is 4.79 Å². The van der Waals surface area contributed by atoms with E-state index in [0.29, 0.717) is 22.8 Å². The van der Waals surface area contributed by atoms with Gasteiger partial charge < -0.3 is 10.6 Å². The van der Waals surface area contributed by atoms with Crippen molar-refractivity contribution in [3.8, 4) is 0 Å². The summed E-state index contributed by atoms with van der Waals surface area (Å²) in [4.78, 5) is 15.5. The Labute approximate surface area is 141 Å². The van der Waals surface area contributed by atoms with Crippen LogP contribution in [0.25, 0.3) is 0 Å². The summed E-state index contributed by atoms with van der Waals surface area (Å²) in [5.74, 6) is -1.41. The fraction of sp³-hybridized carbons (Fsp3) is 0.0588. The number of rotatable bonds is 5. The van der Waals surface area contributed by atoms with Crippen molar-refractivity contribution in [1.29, 1.82) is 0 Å². The van der Waals surface area contributed by atoms with Crippen LogP contribution in [-0.4, -0.2) is 21.0 Å². The maximum absolute atomic E-state index is 13.2. The number of halogens is 2. The number of carbonyl (C=O) groups is 1. The lowest BCUT2D eigenvalue weighted by Crippen LogP contribution is -2.03. The molecule has 0 saturated heterocycles. The third-order valence-electron chi connectivity index (χ3n) is 3.30. The Kier molecular flexibility index (Phi) is 4.60. The molecule has 0 unspecified atom stereocenters. The molecule has 0 bridgehead atoms. The van der Waals surface area contributed by atoms with Crippen molar-refractivity contribution in [3.63, 3.8) is 0 Å². The van der Waals surface area contributed by atoms with Gasteiger partial charge in [-0.1, -0.05) is 0 Å². The smallest absolute Gasteiger partial charge is 0.249 e. The highest BCUT2D eigenvalue weighted by Gasteiger charge is 2.06. The molecule has 0 radical (unpaired) electrons. The number of hydrogen-bond donors (Lipinski definition) is 2. The zero-order valence-corrected chi connectivity index (χ0v) is 13.1. The van der Waals surface area contributed by atoms with Gasteiger partial charge in [0.05, 0.1) is 6.20 Å². The molecule has 1 heterocycles. The summed E-state index contributed by atoms with van der Waals surface area (Å²) >= 11 is 0. The molecule has 0 aliphatic heterocycles. The summed E-state index contributed by atoms with van der Waals surface area (Å²) in [5.41, 5.74) is 1.61. The molecule has 0 fully saturated rings. The minimum absolute atomic E-state index is 0.0201. The molecule has 2 N–H and O–H groups in total. The van der Waals surface area contributed by atoms with Crippen LogP contribution in [0.4, 0.5) is 31.9 Å². The average molecular weight is 341 g/mol. The molecule has 25 heavy (non-hydrogen) atoms. The zero-order chi connectivity index (χ0) is 17.8. The van der Waals surface area contributed by atoms with E-state index in [4.69, 9.17) is 0 Å². The van der Waals surface area contributed by atoms with E-state index in [9.17, 15) is 13.6 Å². The summed E-state index contributed by atoms with van der Waals surface area (Å²) in [6.45, 7) is 1.49. The number of aromatic nitrogens is 3. The summed E-state index contributed by atoms with van der Waals surface area (Å²) in [7, 11) is 0. The number of nitrogens with zero attached hydrogens (tertiary/aromatic N) is 3. The number of ketones is 1. The second-order valence-electron chi connectivity index (χ2n) is 5.18. The van der Waals surface area contributed by atoms with E-state index in [1.165, 1.54) is 19.2 Å². The van der Waals surface area contributed by atoms with Gasteiger partial charge in [0, 0.05) is 23.0 Å². The Hall–Kier alpha value is -3.42. The fourth-order valence-electron chi connectivity index (χ4n) is 2.06. The lowest BCUT2D eigenvalue weighted by Gasteiger charge is -2.08. The highest BCUT2D eigenvalue weighted by Crippen LogP contribution is 2.19. The number of hydrogen-bond acceptors (Lipinski definition) is 6. The number of nitrogens with one attached hydrogen (secondary N) is 2. The van der Waals surface area contributed by atoms with Crippen LogP contribution < -0.4 is 10.6 Å². The molecular weight excluding hydrogens is 328 g/mol. The van der Waals surface area contributed by atoms with Crippen LogP contribution in [0.2, 0.25) is 0 Å². The van der Waals surface area contributed by atoms with Gasteiger partial charge in [0.25, 0.3) is 0 Å². The molecule has 6 nitrogen and oxygen atoms in total. The average Bonchev–Trinajstić information content (AvgIpc) is 2.59. The third kappa shape index (κ3) is 4.11. The predicted molar refractivity (Wildman–Crippen MR) is 89.2 cm³/mol. The minimum atomic E-state index is -0.974. The van der Waals surface area contributed by atoms with Gasteiger partial charge in [0.2, 0.25) is 5.95 Å². The second-order valence-corrected chi connectivity index (χ2v) is 5.18. The molecular formula is C17H13F2N5O. The Bertz CT molecular complexity index is 915. The summed E-state index contributed by atoms with van der Waals surface area (Å²) in [6, 6.07) is 10.2. The van der Waals surface area contributed by atoms with Gasteiger partial charge in [0.15, 0.2) is 23.2 Å². The van der Waals surface area contributed by atoms with Crippen LogP contribution in [0, 0.1) is 11.6 Å². The first-order chi connectivity index (χ1) is 12.0. The molecule has 0 aliphatic rings. The van der Waals surface area contributed by atoms with Crippen molar-refractivity contribution in [2.45, 2.75) is 6.92 Å². The number of anilines is 4. The van der Waals surface area contributed by atoms with Gasteiger partial charge in [0.1, 0.15) is 0 Å². The quantitative estimate of drug-likeness (QED) is 0.687. The molecule has 0 spiro atoms. The highest BCUT2D eigenvalue weighted by molar-refractivity contribution is 5.94. The van der Waals surface area contributed by atoms with Crippen molar-refractivity contribution in [3.05, 3.63) is 65.9 Å². The van der Waals surface area contributed by atoms with Crippen LogP contribution in [0.1, 0.15) is 17.3 Å². The van der Waals surface area contributed by atoms with E-state index >= 15 is 0 Å². The number of carbonyl (C=O) groups excluding carboxylic acids is 1. The summed E-state index contributed by atoms with van der Waals surface area (Å²) in [5, 5.41) is 13.4. The van der Waals surface area contributed by atoms with Crippen LogP contribution in [0.5, 0.6) is 0 Å². The summed E-state index contributed by atoms with van der Waals surface area (Å²) < 4.78 is 26.2. The molecule has 3 aromatic rings. The maximum Gasteiger partial charge on any atom is 0.249 e. The SMILES string of the molecule is CC(=O)c1ccc(Nc2cnnc(Nc3ccc(F)c(F)c3)n2)cc1. The first-order valence-electron chi connectivity index (χ1n) is 7.31. The van der Waals surface area contributed by atoms with Gasteiger partial charge in [-0.15, -0.1) is 5.10 Å². The van der Waals surface area contributed by atoms with Crippen molar-refractivity contribution in [2.75, 3.05) is 10.6 Å². The predicted octanol–water partition coefficient (Wildman–Crippen LogP) is 3.84. The molecule has 1 aromatic heterocycles. The molecule has 3 rings (SSSR count). The van der Waals surface area contributed by atoms with Crippen LogP contribution >= 0.6 is 0 Å². The molecule has 0 atom stereocenters. The van der Waals surface area contributed by atoms with Gasteiger partial charge >= 0.3 is 0 Å². The van der Waals surface area contributed by atoms with E-state index in [-0.39, 0.29) is 11.7 Å². The van der Waals surface area contributed by atoms with E-state index in [1.54, 1.807) is 24.3 Å². The largest absolute Gasteiger partial charge is 0.339 e. The molecule has 0 aliphatic carbocycles. The van der Waals surface area contributed by atoms with Crippen molar-refractivity contribution in [1.82, 2.24) is 15.2 Å². The van der Waals surface area contributed by atoms with Gasteiger partial charge in [-0.2, -0.15) is 10.1 Å². The fourth-order valence-corrected chi connectivity index (χ4v) is 2.06. The molecule has 8 heteroatoms. The third-order valence-corrected chi connectivity index (χ3v) is 3.30. The standard InChI is InChI=1S/C17H13F2N5O/c1-10(25)11-2-4-12(5-3-11)21-16-9-20-24-17(23-16)22-13-6-7-14(18)15(19)8-13/h2-9H,1H3,(H2,21,22,23,24). The first kappa shape index (κ1) is 16.4. The topological polar surface area (TPSA) is 79.8 Å². The van der Waals surface area contributed by atoms with Crippen molar-refractivity contribution >= 4 is 28.9 Å². The lowest BCUT2D eigenvalue weighted by molar-refractivity contribution is 0.101. The van der Waals surface area contributed by atoms with Crippen molar-refractivity contribution < 1.29 is 13.6 Å². The molecule has 2 aromatic carbocycles. The normalized spacial score (nSPS) is 10.4. The Morgan fingerprint density at radius 1 is 0.960 bits per heavy atom. The Morgan fingerprint density at radius 3 is 2.36 bits per heavy atom. The zero-order valence-electron chi connectivity index (χ0n) is 13.1. The Morgan fingerprint density at radius 2 is 1.68 bits per heavy atom. The van der Waals surface area contributed by atoms with E-state index in [1.807, 2.05) is 0 Å². The van der Waals surface area contributed by atoms with Crippen molar-refractivity contribution in [2.24, 2.45) is 0 Å². The van der Waals surface area contributed by atoms with E-state index < -0.39 is 11.6 Å². The summed E-state index contributed by atoms with van der Waals surface area (Å²) in [6.07, 6.45) is 1.41. The highest BCUT2D eigenvalue weighted by atomic mass is 19.2. The van der Waals surface area contributed by atoms with Crippen LogP contribution in [0.3, 0.4) is 0 Å². The number of Topliss-reactive ketones (excluding diaryl/α,β-unsaturated/α-hetero) is 1. The number of benzene rings is 2. The molecule has 0 saturated carbocycles. The monoisotopic (exact) mass is 341 g/mol.